The molecule has 0 aromatic carbocycles. The van der Waals surface area contributed by atoms with Crippen molar-refractivity contribution in [3.05, 3.63) is 0 Å². The van der Waals surface area contributed by atoms with E-state index in [-0.39, 0.29) is 0 Å². The molecule has 0 spiro atoms. The van der Waals surface area contributed by atoms with E-state index in [0.717, 1.165) is 97.5 Å². The number of methoxy groups -OCH3 is 1. The van der Waals surface area contributed by atoms with Crippen LogP contribution in [0.25, 0.3) is 0 Å². The highest BCUT2D eigenvalue weighted by atomic mass is 16.5. The van der Waals surface area contributed by atoms with Crippen LogP contribution in [-0.4, -0.2) is 90.3 Å². The van der Waals surface area contributed by atoms with Crippen LogP contribution in [0.5, 0.6) is 0 Å². The van der Waals surface area contributed by atoms with Crippen LogP contribution in [0.4, 0.5) is 0 Å². The fraction of sp³-hybridized carbons (Fsp3) is 0.952. The van der Waals surface area contributed by atoms with Crippen LogP contribution in [-0.2, 0) is 14.2 Å². The maximum Gasteiger partial charge on any atom is 0.191 e. The summed E-state index contributed by atoms with van der Waals surface area (Å²) in [6, 6.07) is 0. The van der Waals surface area contributed by atoms with Gasteiger partial charge in [-0.3, -0.25) is 4.99 Å². The van der Waals surface area contributed by atoms with Crippen molar-refractivity contribution < 1.29 is 14.2 Å². The Bertz CT molecular complexity index is 408. The minimum atomic E-state index is 0.682. The summed E-state index contributed by atoms with van der Waals surface area (Å²) < 4.78 is 16.4. The first kappa shape index (κ1) is 23.4. The second kappa shape index (κ2) is 15.0. The minimum Gasteiger partial charge on any atom is -0.383 e. The average Bonchev–Trinajstić information content (AvgIpc) is 2.74. The van der Waals surface area contributed by atoms with Crippen LogP contribution in [0.15, 0.2) is 4.99 Å². The predicted molar refractivity (Wildman–Crippen MR) is 114 cm³/mol. The molecular formula is C21H42N4O3. The van der Waals surface area contributed by atoms with Gasteiger partial charge in [-0.1, -0.05) is 0 Å². The molecule has 0 aliphatic carbocycles. The van der Waals surface area contributed by atoms with E-state index in [9.17, 15) is 0 Å². The molecule has 2 rings (SSSR count). The number of likely N-dealkylation sites (tertiary alicyclic amines) is 1. The Labute approximate surface area is 171 Å². The topological polar surface area (TPSA) is 67.4 Å². The van der Waals surface area contributed by atoms with E-state index in [1.54, 1.807) is 7.11 Å². The van der Waals surface area contributed by atoms with Crippen LogP contribution in [0.3, 0.4) is 0 Å². The van der Waals surface area contributed by atoms with Gasteiger partial charge in [-0.05, 0) is 64.0 Å². The van der Waals surface area contributed by atoms with Crippen LogP contribution in [0.2, 0.25) is 0 Å². The number of ether oxygens (including phenoxy) is 3. The Morgan fingerprint density at radius 3 is 2.57 bits per heavy atom. The van der Waals surface area contributed by atoms with Crippen molar-refractivity contribution in [3.8, 4) is 0 Å². The van der Waals surface area contributed by atoms with Crippen molar-refractivity contribution in [1.29, 1.82) is 0 Å². The molecule has 0 radical (unpaired) electrons. The van der Waals surface area contributed by atoms with Gasteiger partial charge in [0.15, 0.2) is 5.96 Å². The number of guanidine groups is 1. The monoisotopic (exact) mass is 398 g/mol. The maximum absolute atomic E-state index is 5.84. The van der Waals surface area contributed by atoms with Crippen molar-refractivity contribution in [2.45, 2.75) is 39.0 Å². The standard InChI is InChI=1S/C21H42N4O3/c1-3-22-21(23-9-4-13-28-18-20-7-14-27-15-8-20)24-17-19-5-10-25(11-6-19)12-16-26-2/h19-20H,3-18H2,1-2H3,(H2,22,23,24). The zero-order chi connectivity index (χ0) is 19.9. The van der Waals surface area contributed by atoms with Gasteiger partial charge >= 0.3 is 0 Å². The third kappa shape index (κ3) is 10.0. The molecule has 28 heavy (non-hydrogen) atoms. The summed E-state index contributed by atoms with van der Waals surface area (Å²) in [5, 5.41) is 6.81. The van der Waals surface area contributed by atoms with Crippen molar-refractivity contribution >= 4 is 5.96 Å². The highest BCUT2D eigenvalue weighted by Gasteiger charge is 2.18. The quantitative estimate of drug-likeness (QED) is 0.297. The normalized spacial score (nSPS) is 20.4. The Morgan fingerprint density at radius 1 is 1.07 bits per heavy atom. The lowest BCUT2D eigenvalue weighted by molar-refractivity contribution is 0.0203. The van der Waals surface area contributed by atoms with Gasteiger partial charge in [0.2, 0.25) is 0 Å². The fourth-order valence-electron chi connectivity index (χ4n) is 3.72. The van der Waals surface area contributed by atoms with Crippen LogP contribution < -0.4 is 10.6 Å². The van der Waals surface area contributed by atoms with Gasteiger partial charge in [-0.25, -0.2) is 0 Å². The smallest absolute Gasteiger partial charge is 0.191 e. The molecular weight excluding hydrogens is 356 g/mol. The van der Waals surface area contributed by atoms with Gasteiger partial charge in [0.05, 0.1) is 6.61 Å². The molecule has 0 unspecified atom stereocenters. The molecule has 2 saturated heterocycles. The fourth-order valence-corrected chi connectivity index (χ4v) is 3.72. The first-order chi connectivity index (χ1) is 13.8. The number of nitrogens with zero attached hydrogens (tertiary/aromatic N) is 2. The molecule has 7 nitrogen and oxygen atoms in total. The van der Waals surface area contributed by atoms with E-state index >= 15 is 0 Å². The van der Waals surface area contributed by atoms with Gasteiger partial charge in [0, 0.05) is 59.7 Å². The summed E-state index contributed by atoms with van der Waals surface area (Å²) in [5.41, 5.74) is 0. The third-order valence-electron chi connectivity index (χ3n) is 5.62. The molecule has 2 heterocycles. The van der Waals surface area contributed by atoms with E-state index in [2.05, 4.69) is 22.5 Å². The lowest BCUT2D eigenvalue weighted by Gasteiger charge is -2.31. The van der Waals surface area contributed by atoms with Gasteiger partial charge in [0.25, 0.3) is 0 Å². The number of nitrogens with one attached hydrogen (secondary N) is 2. The van der Waals surface area contributed by atoms with Gasteiger partial charge < -0.3 is 29.7 Å². The number of piperidine rings is 1. The third-order valence-corrected chi connectivity index (χ3v) is 5.62. The highest BCUT2D eigenvalue weighted by molar-refractivity contribution is 5.79. The Balaban J connectivity index is 1.54. The van der Waals surface area contributed by atoms with Crippen molar-refractivity contribution in [2.24, 2.45) is 16.8 Å². The molecule has 2 N–H and O–H groups in total. The summed E-state index contributed by atoms with van der Waals surface area (Å²) in [5.74, 6) is 2.31. The number of aliphatic imine (C=N–C) groups is 1. The molecule has 0 saturated carbocycles. The summed E-state index contributed by atoms with van der Waals surface area (Å²) in [6.45, 7) is 12.5. The molecule has 0 atom stereocenters. The first-order valence-electron chi connectivity index (χ1n) is 11.2. The number of hydrogen-bond acceptors (Lipinski definition) is 5. The molecule has 0 aromatic rings. The minimum absolute atomic E-state index is 0.682. The molecule has 7 heteroatoms. The summed E-state index contributed by atoms with van der Waals surface area (Å²) in [6.07, 6.45) is 5.74. The molecule has 0 amide bonds. The molecule has 0 aromatic heterocycles. The van der Waals surface area contributed by atoms with Gasteiger partial charge in [-0.15, -0.1) is 0 Å². The molecule has 2 aliphatic rings. The van der Waals surface area contributed by atoms with Gasteiger partial charge in [0.1, 0.15) is 0 Å². The van der Waals surface area contributed by atoms with Gasteiger partial charge in [-0.2, -0.15) is 0 Å². The Kier molecular flexibility index (Phi) is 12.5. The van der Waals surface area contributed by atoms with Crippen molar-refractivity contribution in [3.63, 3.8) is 0 Å². The Morgan fingerprint density at radius 2 is 1.86 bits per heavy atom. The van der Waals surface area contributed by atoms with Crippen molar-refractivity contribution in [1.82, 2.24) is 15.5 Å². The molecule has 164 valence electrons. The predicted octanol–water partition coefficient (Wildman–Crippen LogP) is 1.73. The number of rotatable bonds is 12. The van der Waals surface area contributed by atoms with E-state index in [1.165, 1.54) is 12.8 Å². The maximum atomic E-state index is 5.84. The highest BCUT2D eigenvalue weighted by Crippen LogP contribution is 2.17. The molecule has 0 bridgehead atoms. The zero-order valence-electron chi connectivity index (χ0n) is 18.1. The second-order valence-corrected chi connectivity index (χ2v) is 7.91. The van der Waals surface area contributed by atoms with Crippen LogP contribution >= 0.6 is 0 Å². The SMILES string of the molecule is CCNC(=NCC1CCN(CCOC)CC1)NCCCOCC1CCOCC1. The summed E-state index contributed by atoms with van der Waals surface area (Å²) in [4.78, 5) is 7.31. The van der Waals surface area contributed by atoms with E-state index in [4.69, 9.17) is 19.2 Å². The van der Waals surface area contributed by atoms with Crippen LogP contribution in [0, 0.1) is 11.8 Å². The van der Waals surface area contributed by atoms with E-state index in [0.29, 0.717) is 11.8 Å². The molecule has 2 aliphatic heterocycles. The van der Waals surface area contributed by atoms with E-state index < -0.39 is 0 Å². The zero-order valence-corrected chi connectivity index (χ0v) is 18.1. The average molecular weight is 399 g/mol. The Hall–Kier alpha value is -0.890. The second-order valence-electron chi connectivity index (χ2n) is 7.91. The summed E-state index contributed by atoms with van der Waals surface area (Å²) >= 11 is 0. The summed E-state index contributed by atoms with van der Waals surface area (Å²) in [7, 11) is 1.77. The van der Waals surface area contributed by atoms with E-state index in [1.807, 2.05) is 0 Å². The lowest BCUT2D eigenvalue weighted by atomic mass is 9.97. The lowest BCUT2D eigenvalue weighted by Crippen LogP contribution is -2.39. The first-order valence-corrected chi connectivity index (χ1v) is 11.2. The molecule has 2 fully saturated rings. The van der Waals surface area contributed by atoms with Crippen LogP contribution in [0.1, 0.15) is 39.0 Å². The largest absolute Gasteiger partial charge is 0.383 e. The number of hydrogen-bond donors (Lipinski definition) is 2. The van der Waals surface area contributed by atoms with Crippen molar-refractivity contribution in [2.75, 3.05) is 79.4 Å².